The van der Waals surface area contributed by atoms with Gasteiger partial charge in [-0.3, -0.25) is 0 Å². The number of nitrogens with one attached hydrogen (secondary N) is 1. The number of aromatic hydroxyl groups is 2. The van der Waals surface area contributed by atoms with E-state index in [0.29, 0.717) is 16.8 Å². The predicted molar refractivity (Wildman–Crippen MR) is 79.9 cm³/mol. The molecule has 1 unspecified atom stereocenters. The molecule has 0 saturated heterocycles. The number of benzene rings is 2. The van der Waals surface area contributed by atoms with E-state index in [-0.39, 0.29) is 23.1 Å². The highest BCUT2D eigenvalue weighted by atomic mass is 16.4. The third-order valence-electron chi connectivity index (χ3n) is 3.43. The number of hydrogen-bond acceptors (Lipinski definition) is 4. The Morgan fingerprint density at radius 3 is 2.24 bits per heavy atom. The lowest BCUT2D eigenvalue weighted by molar-refractivity contribution is 0.0696. The standard InChI is InChI=1S/C16H17NO4/c1-9-11(16(20)21)5-3-6-12(9)17-10(2)15-13(18)7-4-8-14(15)19/h3-8,10,17-19H,1-2H3,(H,20,21). The number of phenols is 2. The lowest BCUT2D eigenvalue weighted by Crippen LogP contribution is -2.10. The number of aromatic carboxylic acids is 1. The lowest BCUT2D eigenvalue weighted by atomic mass is 10.0. The number of phenolic OH excluding ortho intramolecular Hbond substituents is 2. The van der Waals surface area contributed by atoms with Gasteiger partial charge in [0.1, 0.15) is 11.5 Å². The van der Waals surface area contributed by atoms with Gasteiger partial charge in [-0.05, 0) is 43.7 Å². The first kappa shape index (κ1) is 14.7. The number of carboxylic acid groups (broad SMARTS) is 1. The minimum atomic E-state index is -0.991. The first-order chi connectivity index (χ1) is 9.91. The molecule has 0 radical (unpaired) electrons. The van der Waals surface area contributed by atoms with E-state index in [1.165, 1.54) is 18.2 Å². The van der Waals surface area contributed by atoms with Crippen LogP contribution in [0.15, 0.2) is 36.4 Å². The van der Waals surface area contributed by atoms with E-state index in [1.807, 2.05) is 0 Å². The van der Waals surface area contributed by atoms with Crippen LogP contribution in [0.5, 0.6) is 11.5 Å². The van der Waals surface area contributed by atoms with Crippen LogP contribution in [0.1, 0.15) is 34.5 Å². The molecule has 0 aromatic heterocycles. The van der Waals surface area contributed by atoms with Crippen molar-refractivity contribution in [1.29, 1.82) is 0 Å². The second-order valence-corrected chi connectivity index (χ2v) is 4.86. The van der Waals surface area contributed by atoms with Crippen LogP contribution in [-0.4, -0.2) is 21.3 Å². The number of anilines is 1. The lowest BCUT2D eigenvalue weighted by Gasteiger charge is -2.20. The van der Waals surface area contributed by atoms with Crippen LogP contribution >= 0.6 is 0 Å². The Kier molecular flexibility index (Phi) is 4.03. The van der Waals surface area contributed by atoms with Gasteiger partial charge in [0, 0.05) is 5.69 Å². The summed E-state index contributed by atoms with van der Waals surface area (Å²) in [6.45, 7) is 3.49. The van der Waals surface area contributed by atoms with Crippen molar-refractivity contribution in [2.45, 2.75) is 19.9 Å². The summed E-state index contributed by atoms with van der Waals surface area (Å²) in [5.41, 5.74) is 1.84. The predicted octanol–water partition coefficient (Wildman–Crippen LogP) is 3.28. The molecule has 110 valence electrons. The van der Waals surface area contributed by atoms with Crippen LogP contribution < -0.4 is 5.32 Å². The highest BCUT2D eigenvalue weighted by Crippen LogP contribution is 2.34. The summed E-state index contributed by atoms with van der Waals surface area (Å²) >= 11 is 0. The number of carbonyl (C=O) groups is 1. The van der Waals surface area contributed by atoms with Crippen LogP contribution in [0.4, 0.5) is 5.69 Å². The van der Waals surface area contributed by atoms with Gasteiger partial charge in [0.25, 0.3) is 0 Å². The van der Waals surface area contributed by atoms with E-state index in [2.05, 4.69) is 5.32 Å². The largest absolute Gasteiger partial charge is 0.507 e. The molecule has 21 heavy (non-hydrogen) atoms. The van der Waals surface area contributed by atoms with E-state index >= 15 is 0 Å². The quantitative estimate of drug-likeness (QED) is 0.693. The first-order valence-electron chi connectivity index (χ1n) is 6.52. The van der Waals surface area contributed by atoms with Gasteiger partial charge in [0.05, 0.1) is 17.2 Å². The molecule has 0 aliphatic rings. The summed E-state index contributed by atoms with van der Waals surface area (Å²) in [6, 6.07) is 9.10. The van der Waals surface area contributed by atoms with E-state index in [0.717, 1.165) is 0 Å². The summed E-state index contributed by atoms with van der Waals surface area (Å²) in [7, 11) is 0. The molecule has 0 spiro atoms. The second-order valence-electron chi connectivity index (χ2n) is 4.86. The fourth-order valence-electron chi connectivity index (χ4n) is 2.31. The van der Waals surface area contributed by atoms with E-state index < -0.39 is 5.97 Å². The van der Waals surface area contributed by atoms with Gasteiger partial charge in [-0.15, -0.1) is 0 Å². The fourth-order valence-corrected chi connectivity index (χ4v) is 2.31. The summed E-state index contributed by atoms with van der Waals surface area (Å²) < 4.78 is 0. The normalized spacial score (nSPS) is 11.9. The molecule has 2 aromatic rings. The van der Waals surface area contributed by atoms with Crippen molar-refractivity contribution in [2.24, 2.45) is 0 Å². The molecule has 0 heterocycles. The Morgan fingerprint density at radius 1 is 1.10 bits per heavy atom. The van der Waals surface area contributed by atoms with Crippen LogP contribution in [0.25, 0.3) is 0 Å². The van der Waals surface area contributed by atoms with Gasteiger partial charge in [0.2, 0.25) is 0 Å². The number of hydrogen-bond donors (Lipinski definition) is 4. The van der Waals surface area contributed by atoms with Crippen molar-refractivity contribution < 1.29 is 20.1 Å². The zero-order valence-corrected chi connectivity index (χ0v) is 11.8. The molecule has 0 fully saturated rings. The Morgan fingerprint density at radius 2 is 1.67 bits per heavy atom. The van der Waals surface area contributed by atoms with E-state index in [9.17, 15) is 15.0 Å². The van der Waals surface area contributed by atoms with Crippen LogP contribution in [0.3, 0.4) is 0 Å². The fraction of sp³-hybridized carbons (Fsp3) is 0.188. The highest BCUT2D eigenvalue weighted by Gasteiger charge is 2.17. The highest BCUT2D eigenvalue weighted by molar-refractivity contribution is 5.91. The SMILES string of the molecule is Cc1c(NC(C)c2c(O)cccc2O)cccc1C(=O)O. The summed E-state index contributed by atoms with van der Waals surface area (Å²) in [5, 5.41) is 32.0. The maximum Gasteiger partial charge on any atom is 0.336 e. The van der Waals surface area contributed by atoms with Gasteiger partial charge in [-0.1, -0.05) is 12.1 Å². The van der Waals surface area contributed by atoms with Gasteiger partial charge >= 0.3 is 5.97 Å². The van der Waals surface area contributed by atoms with Crippen LogP contribution in [0, 0.1) is 6.92 Å². The summed E-state index contributed by atoms with van der Waals surface area (Å²) in [6.07, 6.45) is 0. The maximum absolute atomic E-state index is 11.1. The van der Waals surface area contributed by atoms with Crippen LogP contribution in [-0.2, 0) is 0 Å². The molecule has 2 aromatic carbocycles. The summed E-state index contributed by atoms with van der Waals surface area (Å²) in [5.74, 6) is -1.02. The molecule has 0 amide bonds. The molecule has 5 heteroatoms. The molecule has 5 nitrogen and oxygen atoms in total. The zero-order valence-electron chi connectivity index (χ0n) is 11.8. The smallest absolute Gasteiger partial charge is 0.336 e. The number of carboxylic acids is 1. The van der Waals surface area contributed by atoms with Crippen molar-refractivity contribution in [1.82, 2.24) is 0 Å². The van der Waals surface area contributed by atoms with Gasteiger partial charge in [-0.2, -0.15) is 0 Å². The minimum Gasteiger partial charge on any atom is -0.507 e. The van der Waals surface area contributed by atoms with Gasteiger partial charge in [0.15, 0.2) is 0 Å². The monoisotopic (exact) mass is 287 g/mol. The molecular formula is C16H17NO4. The molecule has 0 aliphatic heterocycles. The second kappa shape index (κ2) is 5.75. The average Bonchev–Trinajstić information content (AvgIpc) is 2.40. The maximum atomic E-state index is 11.1. The van der Waals surface area contributed by atoms with Crippen molar-refractivity contribution in [3.63, 3.8) is 0 Å². The molecule has 0 aliphatic carbocycles. The Labute approximate surface area is 122 Å². The van der Waals surface area contributed by atoms with Crippen molar-refractivity contribution in [2.75, 3.05) is 5.32 Å². The molecular weight excluding hydrogens is 270 g/mol. The Bertz CT molecular complexity index is 662. The topological polar surface area (TPSA) is 89.8 Å². The summed E-state index contributed by atoms with van der Waals surface area (Å²) in [4.78, 5) is 11.1. The first-order valence-corrected chi connectivity index (χ1v) is 6.52. The molecule has 1 atom stereocenters. The van der Waals surface area contributed by atoms with E-state index in [1.54, 1.807) is 32.0 Å². The third kappa shape index (κ3) is 2.91. The van der Waals surface area contributed by atoms with E-state index in [4.69, 9.17) is 5.11 Å². The van der Waals surface area contributed by atoms with Crippen molar-refractivity contribution >= 4 is 11.7 Å². The van der Waals surface area contributed by atoms with Gasteiger partial charge < -0.3 is 20.6 Å². The number of rotatable bonds is 4. The molecule has 0 bridgehead atoms. The molecule has 2 rings (SSSR count). The van der Waals surface area contributed by atoms with Gasteiger partial charge in [-0.25, -0.2) is 4.79 Å². The molecule has 0 saturated carbocycles. The van der Waals surface area contributed by atoms with Crippen LogP contribution in [0.2, 0.25) is 0 Å². The molecule has 4 N–H and O–H groups in total. The Balaban J connectivity index is 2.34. The Hall–Kier alpha value is -2.69. The third-order valence-corrected chi connectivity index (χ3v) is 3.43. The van der Waals surface area contributed by atoms with Crippen molar-refractivity contribution in [3.8, 4) is 11.5 Å². The minimum absolute atomic E-state index is 0.0120. The zero-order chi connectivity index (χ0) is 15.6. The average molecular weight is 287 g/mol. The van der Waals surface area contributed by atoms with Crippen molar-refractivity contribution in [3.05, 3.63) is 53.1 Å².